The lowest BCUT2D eigenvalue weighted by atomic mass is 10.1. The normalized spacial score (nSPS) is 14.4. The standard InChI is InChI=1S/C14H17N3O2/c1-3-17-8-11(7-15-17)10(2)16-12-4-5-13-14(6-12)19-9-18-13/h4-8,10,16H,3,9H2,1-2H3. The summed E-state index contributed by atoms with van der Waals surface area (Å²) in [6.07, 6.45) is 3.96. The summed E-state index contributed by atoms with van der Waals surface area (Å²) in [4.78, 5) is 0. The zero-order valence-electron chi connectivity index (χ0n) is 11.1. The van der Waals surface area contributed by atoms with Crippen molar-refractivity contribution in [3.63, 3.8) is 0 Å². The van der Waals surface area contributed by atoms with E-state index in [2.05, 4.69) is 30.5 Å². The summed E-state index contributed by atoms with van der Waals surface area (Å²) in [6.45, 7) is 5.38. The fourth-order valence-electron chi connectivity index (χ4n) is 2.10. The first kappa shape index (κ1) is 11.9. The van der Waals surface area contributed by atoms with Crippen LogP contribution in [0.3, 0.4) is 0 Å². The highest BCUT2D eigenvalue weighted by Gasteiger charge is 2.14. The molecule has 0 aliphatic carbocycles. The Morgan fingerprint density at radius 3 is 3.00 bits per heavy atom. The van der Waals surface area contributed by atoms with E-state index >= 15 is 0 Å². The van der Waals surface area contributed by atoms with Crippen LogP contribution in [0.25, 0.3) is 0 Å². The smallest absolute Gasteiger partial charge is 0.231 e. The molecule has 0 bridgehead atoms. The highest BCUT2D eigenvalue weighted by molar-refractivity contribution is 5.56. The Hall–Kier alpha value is -2.17. The average molecular weight is 259 g/mol. The molecule has 5 nitrogen and oxygen atoms in total. The molecule has 0 spiro atoms. The van der Waals surface area contributed by atoms with E-state index in [1.54, 1.807) is 0 Å². The Balaban J connectivity index is 1.73. The number of nitrogens with one attached hydrogen (secondary N) is 1. The van der Waals surface area contributed by atoms with Crippen LogP contribution in [0.15, 0.2) is 30.6 Å². The number of aryl methyl sites for hydroxylation is 1. The molecule has 1 aliphatic heterocycles. The summed E-state index contributed by atoms with van der Waals surface area (Å²) in [5.41, 5.74) is 2.18. The molecular weight excluding hydrogens is 242 g/mol. The molecule has 0 fully saturated rings. The number of anilines is 1. The predicted molar refractivity (Wildman–Crippen MR) is 72.5 cm³/mol. The first-order valence-corrected chi connectivity index (χ1v) is 6.45. The monoisotopic (exact) mass is 259 g/mol. The van der Waals surface area contributed by atoms with Crippen LogP contribution in [0, 0.1) is 0 Å². The highest BCUT2D eigenvalue weighted by atomic mass is 16.7. The largest absolute Gasteiger partial charge is 0.454 e. The molecule has 5 heteroatoms. The molecule has 1 aliphatic rings. The van der Waals surface area contributed by atoms with Crippen LogP contribution in [0.2, 0.25) is 0 Å². The second kappa shape index (κ2) is 4.84. The number of hydrogen-bond acceptors (Lipinski definition) is 4. The molecule has 1 aromatic heterocycles. The van der Waals surface area contributed by atoms with Crippen LogP contribution < -0.4 is 14.8 Å². The van der Waals surface area contributed by atoms with Crippen molar-refractivity contribution in [3.05, 3.63) is 36.2 Å². The molecule has 1 aromatic carbocycles. The second-order valence-electron chi connectivity index (χ2n) is 4.56. The van der Waals surface area contributed by atoms with Crippen molar-refractivity contribution in [1.29, 1.82) is 0 Å². The molecule has 0 saturated carbocycles. The summed E-state index contributed by atoms with van der Waals surface area (Å²) in [5, 5.41) is 7.72. The van der Waals surface area contributed by atoms with Gasteiger partial charge in [0.05, 0.1) is 12.2 Å². The molecule has 100 valence electrons. The number of nitrogens with zero attached hydrogens (tertiary/aromatic N) is 2. The van der Waals surface area contributed by atoms with E-state index in [9.17, 15) is 0 Å². The van der Waals surface area contributed by atoms with Gasteiger partial charge in [-0.2, -0.15) is 5.10 Å². The maximum atomic E-state index is 5.37. The first-order chi connectivity index (χ1) is 9.26. The van der Waals surface area contributed by atoms with Gasteiger partial charge in [-0.25, -0.2) is 0 Å². The minimum Gasteiger partial charge on any atom is -0.454 e. The zero-order chi connectivity index (χ0) is 13.2. The van der Waals surface area contributed by atoms with Crippen LogP contribution >= 0.6 is 0 Å². The molecule has 1 N–H and O–H groups in total. The first-order valence-electron chi connectivity index (χ1n) is 6.45. The summed E-state index contributed by atoms with van der Waals surface area (Å²) in [6, 6.07) is 6.07. The second-order valence-corrected chi connectivity index (χ2v) is 4.56. The minimum absolute atomic E-state index is 0.195. The molecule has 2 heterocycles. The third-order valence-electron chi connectivity index (χ3n) is 3.23. The number of fused-ring (bicyclic) bond motifs is 1. The van der Waals surface area contributed by atoms with Gasteiger partial charge in [0.1, 0.15) is 0 Å². The fraction of sp³-hybridized carbons (Fsp3) is 0.357. The Morgan fingerprint density at radius 1 is 1.37 bits per heavy atom. The molecule has 2 aromatic rings. The predicted octanol–water partition coefficient (Wildman–Crippen LogP) is 2.80. The van der Waals surface area contributed by atoms with E-state index in [-0.39, 0.29) is 6.04 Å². The van der Waals surface area contributed by atoms with Gasteiger partial charge in [-0.05, 0) is 26.0 Å². The van der Waals surface area contributed by atoms with Gasteiger partial charge >= 0.3 is 0 Å². The summed E-state index contributed by atoms with van der Waals surface area (Å²) < 4.78 is 12.6. The van der Waals surface area contributed by atoms with Crippen LogP contribution in [-0.4, -0.2) is 16.6 Å². The number of ether oxygens (including phenoxy) is 2. The van der Waals surface area contributed by atoms with Crippen molar-refractivity contribution in [2.75, 3.05) is 12.1 Å². The fourth-order valence-corrected chi connectivity index (χ4v) is 2.10. The lowest BCUT2D eigenvalue weighted by Gasteiger charge is -2.13. The van der Waals surface area contributed by atoms with Crippen molar-refractivity contribution in [2.24, 2.45) is 0 Å². The molecule has 3 rings (SSSR count). The average Bonchev–Trinajstić information content (AvgIpc) is 3.06. The maximum absolute atomic E-state index is 5.37. The van der Waals surface area contributed by atoms with Gasteiger partial charge in [-0.3, -0.25) is 4.68 Å². The van der Waals surface area contributed by atoms with E-state index in [0.29, 0.717) is 6.79 Å². The van der Waals surface area contributed by atoms with Crippen LogP contribution in [0.5, 0.6) is 11.5 Å². The number of rotatable bonds is 4. The Morgan fingerprint density at radius 2 is 2.21 bits per heavy atom. The number of benzene rings is 1. The topological polar surface area (TPSA) is 48.3 Å². The van der Waals surface area contributed by atoms with Crippen molar-refractivity contribution in [3.8, 4) is 11.5 Å². The van der Waals surface area contributed by atoms with Gasteiger partial charge in [0.15, 0.2) is 11.5 Å². The third-order valence-corrected chi connectivity index (χ3v) is 3.23. The van der Waals surface area contributed by atoms with Gasteiger partial charge in [0.2, 0.25) is 6.79 Å². The number of aromatic nitrogens is 2. The van der Waals surface area contributed by atoms with Crippen LogP contribution in [-0.2, 0) is 6.54 Å². The van der Waals surface area contributed by atoms with E-state index in [1.165, 1.54) is 5.56 Å². The SMILES string of the molecule is CCn1cc(C(C)Nc2ccc3c(c2)OCO3)cn1. The molecule has 19 heavy (non-hydrogen) atoms. The van der Waals surface area contributed by atoms with Crippen LogP contribution in [0.4, 0.5) is 5.69 Å². The minimum atomic E-state index is 0.195. The van der Waals surface area contributed by atoms with Gasteiger partial charge in [0, 0.05) is 30.1 Å². The molecule has 1 atom stereocenters. The molecule has 0 saturated heterocycles. The summed E-state index contributed by atoms with van der Waals surface area (Å²) in [7, 11) is 0. The van der Waals surface area contributed by atoms with Gasteiger partial charge in [-0.1, -0.05) is 0 Å². The van der Waals surface area contributed by atoms with E-state index < -0.39 is 0 Å². The molecular formula is C14H17N3O2. The Kier molecular flexibility index (Phi) is 3.03. The Labute approximate surface area is 112 Å². The zero-order valence-corrected chi connectivity index (χ0v) is 11.1. The highest BCUT2D eigenvalue weighted by Crippen LogP contribution is 2.35. The van der Waals surface area contributed by atoms with Crippen molar-refractivity contribution < 1.29 is 9.47 Å². The lowest BCUT2D eigenvalue weighted by molar-refractivity contribution is 0.174. The van der Waals surface area contributed by atoms with Crippen molar-refractivity contribution in [2.45, 2.75) is 26.4 Å². The van der Waals surface area contributed by atoms with Gasteiger partial charge < -0.3 is 14.8 Å². The summed E-state index contributed by atoms with van der Waals surface area (Å²) in [5.74, 6) is 1.60. The molecule has 0 radical (unpaired) electrons. The Bertz CT molecular complexity index is 580. The van der Waals surface area contributed by atoms with E-state index in [1.807, 2.05) is 29.1 Å². The van der Waals surface area contributed by atoms with Gasteiger partial charge in [-0.15, -0.1) is 0 Å². The maximum Gasteiger partial charge on any atom is 0.231 e. The van der Waals surface area contributed by atoms with E-state index in [0.717, 1.165) is 23.7 Å². The summed E-state index contributed by atoms with van der Waals surface area (Å²) >= 11 is 0. The number of hydrogen-bond donors (Lipinski definition) is 1. The quantitative estimate of drug-likeness (QED) is 0.917. The van der Waals surface area contributed by atoms with Crippen molar-refractivity contribution >= 4 is 5.69 Å². The molecule has 0 amide bonds. The van der Waals surface area contributed by atoms with E-state index in [4.69, 9.17) is 9.47 Å². The van der Waals surface area contributed by atoms with Gasteiger partial charge in [0.25, 0.3) is 0 Å². The third kappa shape index (κ3) is 2.36. The van der Waals surface area contributed by atoms with Crippen molar-refractivity contribution in [1.82, 2.24) is 9.78 Å². The molecule has 1 unspecified atom stereocenters. The lowest BCUT2D eigenvalue weighted by Crippen LogP contribution is -2.05. The van der Waals surface area contributed by atoms with Crippen LogP contribution in [0.1, 0.15) is 25.5 Å².